The van der Waals surface area contributed by atoms with Crippen molar-refractivity contribution >= 4 is 32.4 Å². The van der Waals surface area contributed by atoms with Crippen molar-refractivity contribution < 1.29 is 8.42 Å². The summed E-state index contributed by atoms with van der Waals surface area (Å²) >= 11 is 2.06. The molecule has 0 aliphatic carbocycles. The summed E-state index contributed by atoms with van der Waals surface area (Å²) in [6.07, 6.45) is 0. The Bertz CT molecular complexity index is 331. The van der Waals surface area contributed by atoms with E-state index in [4.69, 9.17) is 0 Å². The van der Waals surface area contributed by atoms with Crippen LogP contribution in [0.1, 0.15) is 0 Å². The van der Waals surface area contributed by atoms with Gasteiger partial charge in [-0.25, -0.2) is 8.42 Å². The lowest BCUT2D eigenvalue weighted by molar-refractivity contribution is 0.598. The van der Waals surface area contributed by atoms with Gasteiger partial charge in [0.25, 0.3) is 0 Å². The third-order valence-corrected chi connectivity index (χ3v) is 4.45. The molecule has 66 valence electrons. The molecule has 0 atom stereocenters. The highest BCUT2D eigenvalue weighted by Gasteiger charge is 2.11. The maximum absolute atomic E-state index is 11.4. The first-order valence-corrected chi connectivity index (χ1v) is 6.68. The number of rotatable bonds is 3. The van der Waals surface area contributed by atoms with Crippen LogP contribution in [0.15, 0.2) is 35.2 Å². The SMILES string of the molecule is O=S(=O)(CCI)c1ccccc1. The van der Waals surface area contributed by atoms with Gasteiger partial charge in [0.15, 0.2) is 9.84 Å². The average molecular weight is 296 g/mol. The fraction of sp³-hybridized carbons (Fsp3) is 0.250. The molecule has 0 unspecified atom stereocenters. The molecule has 0 aliphatic heterocycles. The zero-order valence-corrected chi connectivity index (χ0v) is 9.38. The van der Waals surface area contributed by atoms with Crippen LogP contribution < -0.4 is 0 Å². The quantitative estimate of drug-likeness (QED) is 0.630. The lowest BCUT2D eigenvalue weighted by Gasteiger charge is -2.00. The van der Waals surface area contributed by atoms with E-state index in [1.165, 1.54) is 0 Å². The van der Waals surface area contributed by atoms with Gasteiger partial charge in [-0.1, -0.05) is 40.8 Å². The summed E-state index contributed by atoms with van der Waals surface area (Å²) in [5.41, 5.74) is 0. The molecule has 1 rings (SSSR count). The van der Waals surface area contributed by atoms with E-state index in [9.17, 15) is 8.42 Å². The van der Waals surface area contributed by atoms with Gasteiger partial charge in [0.1, 0.15) is 0 Å². The van der Waals surface area contributed by atoms with E-state index in [0.29, 0.717) is 9.32 Å². The lowest BCUT2D eigenvalue weighted by Crippen LogP contribution is -2.06. The number of hydrogen-bond donors (Lipinski definition) is 0. The van der Waals surface area contributed by atoms with Gasteiger partial charge < -0.3 is 0 Å². The molecule has 0 aromatic heterocycles. The number of benzene rings is 1. The highest BCUT2D eigenvalue weighted by Crippen LogP contribution is 2.10. The monoisotopic (exact) mass is 296 g/mol. The van der Waals surface area contributed by atoms with E-state index in [0.717, 1.165) is 0 Å². The highest BCUT2D eigenvalue weighted by atomic mass is 127. The molecule has 0 spiro atoms. The van der Waals surface area contributed by atoms with Gasteiger partial charge in [-0.3, -0.25) is 0 Å². The first-order valence-electron chi connectivity index (χ1n) is 3.50. The Balaban J connectivity index is 2.99. The number of alkyl halides is 1. The summed E-state index contributed by atoms with van der Waals surface area (Å²) in [6.45, 7) is 0. The Morgan fingerprint density at radius 1 is 1.17 bits per heavy atom. The maximum Gasteiger partial charge on any atom is 0.179 e. The summed E-state index contributed by atoms with van der Waals surface area (Å²) < 4.78 is 23.5. The van der Waals surface area contributed by atoms with E-state index >= 15 is 0 Å². The molecule has 0 saturated heterocycles. The molecule has 0 N–H and O–H groups in total. The Morgan fingerprint density at radius 3 is 2.25 bits per heavy atom. The Morgan fingerprint density at radius 2 is 1.75 bits per heavy atom. The standard InChI is InChI=1S/C8H9IO2S/c9-6-7-12(10,11)8-4-2-1-3-5-8/h1-5H,6-7H2. The molecule has 0 amide bonds. The summed E-state index contributed by atoms with van der Waals surface area (Å²) in [5.74, 6) is 0.220. The van der Waals surface area contributed by atoms with Gasteiger partial charge >= 0.3 is 0 Å². The van der Waals surface area contributed by atoms with E-state index in [1.54, 1.807) is 24.3 Å². The molecule has 0 radical (unpaired) electrons. The van der Waals surface area contributed by atoms with Crippen LogP contribution in [0.3, 0.4) is 0 Å². The zero-order valence-electron chi connectivity index (χ0n) is 6.40. The summed E-state index contributed by atoms with van der Waals surface area (Å²) in [5, 5.41) is 0. The maximum atomic E-state index is 11.4. The second-order valence-electron chi connectivity index (χ2n) is 2.32. The molecule has 1 aromatic rings. The summed E-state index contributed by atoms with van der Waals surface area (Å²) in [4.78, 5) is 0.418. The largest absolute Gasteiger partial charge is 0.224 e. The van der Waals surface area contributed by atoms with Gasteiger partial charge in [0, 0.05) is 4.43 Å². The van der Waals surface area contributed by atoms with Gasteiger partial charge in [-0.15, -0.1) is 0 Å². The van der Waals surface area contributed by atoms with Crippen LogP contribution in [-0.4, -0.2) is 18.6 Å². The second kappa shape index (κ2) is 4.23. The molecule has 0 bridgehead atoms. The molecule has 2 nitrogen and oxygen atoms in total. The molecule has 4 heteroatoms. The van der Waals surface area contributed by atoms with Gasteiger partial charge in [0.2, 0.25) is 0 Å². The van der Waals surface area contributed by atoms with Crippen molar-refractivity contribution in [3.05, 3.63) is 30.3 Å². The molecule has 0 saturated carbocycles. The Hall–Kier alpha value is -0.100. The van der Waals surface area contributed by atoms with Crippen LogP contribution in [0.2, 0.25) is 0 Å². The van der Waals surface area contributed by atoms with Gasteiger partial charge in [-0.2, -0.15) is 0 Å². The van der Waals surface area contributed by atoms with Crippen molar-refractivity contribution in [2.75, 3.05) is 10.2 Å². The molecule has 0 aliphatic rings. The normalized spacial score (nSPS) is 11.4. The Labute approximate surface area is 86.0 Å². The minimum atomic E-state index is -3.02. The topological polar surface area (TPSA) is 34.1 Å². The van der Waals surface area contributed by atoms with Gasteiger partial charge in [0.05, 0.1) is 10.6 Å². The van der Waals surface area contributed by atoms with Crippen LogP contribution in [0.5, 0.6) is 0 Å². The Kier molecular flexibility index (Phi) is 3.52. The minimum Gasteiger partial charge on any atom is -0.224 e. The van der Waals surface area contributed by atoms with E-state index in [1.807, 2.05) is 6.07 Å². The van der Waals surface area contributed by atoms with Crippen molar-refractivity contribution in [1.29, 1.82) is 0 Å². The smallest absolute Gasteiger partial charge is 0.179 e. The summed E-state index contributed by atoms with van der Waals surface area (Å²) in [6, 6.07) is 8.53. The van der Waals surface area contributed by atoms with Crippen LogP contribution in [0.4, 0.5) is 0 Å². The van der Waals surface area contributed by atoms with Crippen LogP contribution >= 0.6 is 22.6 Å². The van der Waals surface area contributed by atoms with Crippen LogP contribution in [0, 0.1) is 0 Å². The van der Waals surface area contributed by atoms with Crippen LogP contribution in [0.25, 0.3) is 0 Å². The fourth-order valence-corrected chi connectivity index (χ4v) is 3.60. The average Bonchev–Trinajstić information content (AvgIpc) is 2.06. The van der Waals surface area contributed by atoms with E-state index < -0.39 is 9.84 Å². The molecular formula is C8H9IO2S. The van der Waals surface area contributed by atoms with Crippen molar-refractivity contribution in [3.63, 3.8) is 0 Å². The van der Waals surface area contributed by atoms with E-state index in [-0.39, 0.29) is 5.75 Å². The second-order valence-corrected chi connectivity index (χ2v) is 5.51. The third-order valence-electron chi connectivity index (χ3n) is 1.45. The highest BCUT2D eigenvalue weighted by molar-refractivity contribution is 14.1. The predicted molar refractivity (Wildman–Crippen MR) is 57.4 cm³/mol. The molecule has 1 aromatic carbocycles. The molecule has 12 heavy (non-hydrogen) atoms. The number of hydrogen-bond acceptors (Lipinski definition) is 2. The van der Waals surface area contributed by atoms with Crippen molar-refractivity contribution in [3.8, 4) is 0 Å². The molecular weight excluding hydrogens is 287 g/mol. The molecule has 0 fully saturated rings. The van der Waals surface area contributed by atoms with Crippen molar-refractivity contribution in [1.82, 2.24) is 0 Å². The van der Waals surface area contributed by atoms with Crippen molar-refractivity contribution in [2.45, 2.75) is 4.90 Å². The first-order chi connectivity index (χ1) is 5.67. The summed E-state index contributed by atoms with van der Waals surface area (Å²) in [7, 11) is -3.02. The minimum absolute atomic E-state index is 0.220. The van der Waals surface area contributed by atoms with Gasteiger partial charge in [-0.05, 0) is 12.1 Å². The first kappa shape index (κ1) is 9.98. The fourth-order valence-electron chi connectivity index (χ4n) is 0.847. The van der Waals surface area contributed by atoms with Crippen LogP contribution in [-0.2, 0) is 9.84 Å². The number of halogens is 1. The van der Waals surface area contributed by atoms with Crippen molar-refractivity contribution in [2.24, 2.45) is 0 Å². The lowest BCUT2D eigenvalue weighted by atomic mass is 10.4. The zero-order chi connectivity index (χ0) is 9.03. The number of sulfone groups is 1. The predicted octanol–water partition coefficient (Wildman–Crippen LogP) is 1.90. The molecule has 0 heterocycles. The van der Waals surface area contributed by atoms with E-state index in [2.05, 4.69) is 22.6 Å². The third kappa shape index (κ3) is 2.45.